The number of halogens is 1. The van der Waals surface area contributed by atoms with E-state index in [4.69, 9.17) is 4.42 Å². The van der Waals surface area contributed by atoms with Gasteiger partial charge in [-0.05, 0) is 26.0 Å². The Labute approximate surface area is 154 Å². The third-order valence-electron chi connectivity index (χ3n) is 3.09. The van der Waals surface area contributed by atoms with Crippen LogP contribution in [0.4, 0.5) is 0 Å². The van der Waals surface area contributed by atoms with Gasteiger partial charge in [-0.3, -0.25) is 0 Å². The molecule has 0 aliphatic heterocycles. The van der Waals surface area contributed by atoms with Crippen LogP contribution in [0, 0.1) is 0 Å². The SMILES string of the molecule is CCNC(=NCC(C)(O)c1ccco1)NCCS(=O)(=O)CC.I. The quantitative estimate of drug-likeness (QED) is 0.306. The van der Waals surface area contributed by atoms with E-state index in [1.165, 1.54) is 6.26 Å². The first-order valence-electron chi connectivity index (χ1n) is 7.29. The molecule has 0 fully saturated rings. The molecule has 7 nitrogen and oxygen atoms in total. The summed E-state index contributed by atoms with van der Waals surface area (Å²) in [6, 6.07) is 3.39. The summed E-state index contributed by atoms with van der Waals surface area (Å²) in [5.74, 6) is 1.05. The molecule has 0 saturated heterocycles. The fraction of sp³-hybridized carbons (Fsp3) is 0.643. The Hall–Kier alpha value is -0.810. The summed E-state index contributed by atoms with van der Waals surface area (Å²) in [5.41, 5.74) is -1.22. The van der Waals surface area contributed by atoms with Crippen LogP contribution in [0.1, 0.15) is 26.5 Å². The van der Waals surface area contributed by atoms with Crippen LogP contribution in [0.3, 0.4) is 0 Å². The van der Waals surface area contributed by atoms with Crippen LogP contribution >= 0.6 is 24.0 Å². The Bertz CT molecular complexity index is 571. The minimum absolute atomic E-state index is 0. The minimum atomic E-state index is -3.02. The van der Waals surface area contributed by atoms with Crippen molar-refractivity contribution in [3.8, 4) is 0 Å². The van der Waals surface area contributed by atoms with Crippen LogP contribution in [0.15, 0.2) is 27.8 Å². The van der Waals surface area contributed by atoms with Crippen molar-refractivity contribution in [2.24, 2.45) is 4.99 Å². The molecule has 0 aromatic carbocycles. The second-order valence-electron chi connectivity index (χ2n) is 5.11. The topological polar surface area (TPSA) is 104 Å². The van der Waals surface area contributed by atoms with Crippen LogP contribution in [0.25, 0.3) is 0 Å². The molecule has 0 saturated carbocycles. The van der Waals surface area contributed by atoms with E-state index >= 15 is 0 Å². The third kappa shape index (κ3) is 8.02. The monoisotopic (exact) mass is 459 g/mol. The average Bonchev–Trinajstić information content (AvgIpc) is 3.00. The number of hydrogen-bond donors (Lipinski definition) is 3. The van der Waals surface area contributed by atoms with Gasteiger partial charge in [0.15, 0.2) is 15.8 Å². The van der Waals surface area contributed by atoms with Gasteiger partial charge in [0, 0.05) is 18.8 Å². The number of nitrogens with zero attached hydrogens (tertiary/aromatic N) is 1. The molecule has 1 rings (SSSR count). The van der Waals surface area contributed by atoms with Crippen molar-refractivity contribution >= 4 is 39.8 Å². The Kier molecular flexibility index (Phi) is 9.78. The van der Waals surface area contributed by atoms with E-state index < -0.39 is 15.4 Å². The number of furan rings is 1. The normalized spacial score (nSPS) is 14.7. The lowest BCUT2D eigenvalue weighted by Crippen LogP contribution is -2.40. The van der Waals surface area contributed by atoms with Crippen molar-refractivity contribution in [2.75, 3.05) is 31.1 Å². The first-order valence-corrected chi connectivity index (χ1v) is 9.12. The molecule has 1 atom stereocenters. The highest BCUT2D eigenvalue weighted by atomic mass is 127. The third-order valence-corrected chi connectivity index (χ3v) is 4.79. The summed E-state index contributed by atoms with van der Waals surface area (Å²) < 4.78 is 28.1. The van der Waals surface area contributed by atoms with E-state index in [1.807, 2.05) is 6.92 Å². The van der Waals surface area contributed by atoms with Crippen LogP contribution in [0.5, 0.6) is 0 Å². The van der Waals surface area contributed by atoms with E-state index in [9.17, 15) is 13.5 Å². The molecule has 0 amide bonds. The molecule has 0 spiro atoms. The number of hydrogen-bond acceptors (Lipinski definition) is 5. The highest BCUT2D eigenvalue weighted by Gasteiger charge is 2.26. The summed E-state index contributed by atoms with van der Waals surface area (Å²) in [5, 5.41) is 16.3. The first-order chi connectivity index (χ1) is 10.3. The molecule has 1 unspecified atom stereocenters. The zero-order chi connectivity index (χ0) is 16.6. The van der Waals surface area contributed by atoms with Gasteiger partial charge in [0.25, 0.3) is 0 Å². The maximum absolute atomic E-state index is 11.5. The Morgan fingerprint density at radius 1 is 1.39 bits per heavy atom. The van der Waals surface area contributed by atoms with Gasteiger partial charge >= 0.3 is 0 Å². The van der Waals surface area contributed by atoms with Crippen molar-refractivity contribution in [1.82, 2.24) is 10.6 Å². The number of aliphatic imine (C=N–C) groups is 1. The number of guanidine groups is 1. The molecule has 9 heteroatoms. The number of sulfone groups is 1. The number of aliphatic hydroxyl groups is 1. The fourth-order valence-electron chi connectivity index (χ4n) is 1.71. The Morgan fingerprint density at radius 3 is 2.61 bits per heavy atom. The largest absolute Gasteiger partial charge is 0.466 e. The summed E-state index contributed by atoms with van der Waals surface area (Å²) in [4.78, 5) is 4.28. The van der Waals surface area contributed by atoms with Gasteiger partial charge in [0.2, 0.25) is 0 Å². The Balaban J connectivity index is 0.00000484. The van der Waals surface area contributed by atoms with Crippen molar-refractivity contribution in [2.45, 2.75) is 26.4 Å². The van der Waals surface area contributed by atoms with Crippen molar-refractivity contribution in [3.05, 3.63) is 24.2 Å². The Morgan fingerprint density at radius 2 is 2.09 bits per heavy atom. The van der Waals surface area contributed by atoms with Crippen LogP contribution in [0.2, 0.25) is 0 Å². The summed E-state index contributed by atoms with van der Waals surface area (Å²) in [7, 11) is -3.02. The van der Waals surface area contributed by atoms with Crippen molar-refractivity contribution in [1.29, 1.82) is 0 Å². The first kappa shape index (κ1) is 22.2. The zero-order valence-electron chi connectivity index (χ0n) is 13.7. The van der Waals surface area contributed by atoms with E-state index in [-0.39, 0.29) is 48.6 Å². The molecule has 1 aromatic rings. The van der Waals surface area contributed by atoms with Gasteiger partial charge in [-0.1, -0.05) is 6.92 Å². The lowest BCUT2D eigenvalue weighted by atomic mass is 10.0. The maximum atomic E-state index is 11.5. The number of nitrogens with one attached hydrogen (secondary N) is 2. The highest BCUT2D eigenvalue weighted by Crippen LogP contribution is 2.20. The molecule has 3 N–H and O–H groups in total. The van der Waals surface area contributed by atoms with Crippen LogP contribution in [-0.2, 0) is 15.4 Å². The molecular formula is C14H26IN3O4S. The molecule has 0 bridgehead atoms. The van der Waals surface area contributed by atoms with Gasteiger partial charge in [-0.25, -0.2) is 13.4 Å². The molecule has 0 aliphatic carbocycles. The van der Waals surface area contributed by atoms with E-state index in [0.717, 1.165) is 0 Å². The fourth-order valence-corrected chi connectivity index (χ4v) is 2.41. The summed E-state index contributed by atoms with van der Waals surface area (Å²) in [6.07, 6.45) is 1.49. The van der Waals surface area contributed by atoms with Gasteiger partial charge < -0.3 is 20.2 Å². The van der Waals surface area contributed by atoms with Gasteiger partial charge in [-0.15, -0.1) is 24.0 Å². The van der Waals surface area contributed by atoms with Gasteiger partial charge in [0.05, 0.1) is 18.6 Å². The van der Waals surface area contributed by atoms with E-state index in [1.54, 1.807) is 26.0 Å². The minimum Gasteiger partial charge on any atom is -0.466 e. The molecule has 0 radical (unpaired) electrons. The smallest absolute Gasteiger partial charge is 0.191 e. The second-order valence-corrected chi connectivity index (χ2v) is 7.58. The molecule has 1 heterocycles. The predicted octanol–water partition coefficient (Wildman–Crippen LogP) is 1.09. The highest BCUT2D eigenvalue weighted by molar-refractivity contribution is 14.0. The molecule has 0 aliphatic rings. The lowest BCUT2D eigenvalue weighted by molar-refractivity contribution is 0.0437. The molecular weight excluding hydrogens is 433 g/mol. The maximum Gasteiger partial charge on any atom is 0.191 e. The van der Waals surface area contributed by atoms with Crippen molar-refractivity contribution in [3.63, 3.8) is 0 Å². The second kappa shape index (κ2) is 10.1. The average molecular weight is 459 g/mol. The lowest BCUT2D eigenvalue weighted by Gasteiger charge is -2.19. The molecule has 134 valence electrons. The summed E-state index contributed by atoms with van der Waals surface area (Å²) in [6.45, 7) is 6.14. The molecule has 1 aromatic heterocycles. The number of rotatable bonds is 8. The predicted molar refractivity (Wildman–Crippen MR) is 102 cm³/mol. The van der Waals surface area contributed by atoms with Gasteiger partial charge in [0.1, 0.15) is 11.4 Å². The standard InChI is InChI=1S/C14H25N3O4S.HI/c1-4-15-13(16-8-10-22(19,20)5-2)17-11-14(3,18)12-7-6-9-21-12;/h6-7,9,18H,4-5,8,10-11H2,1-3H3,(H2,15,16,17);1H. The molecule has 23 heavy (non-hydrogen) atoms. The van der Waals surface area contributed by atoms with E-state index in [2.05, 4.69) is 15.6 Å². The van der Waals surface area contributed by atoms with Crippen LogP contribution < -0.4 is 10.6 Å². The van der Waals surface area contributed by atoms with Gasteiger partial charge in [-0.2, -0.15) is 0 Å². The van der Waals surface area contributed by atoms with Crippen molar-refractivity contribution < 1.29 is 17.9 Å². The zero-order valence-corrected chi connectivity index (χ0v) is 16.9. The van der Waals surface area contributed by atoms with E-state index in [0.29, 0.717) is 18.3 Å². The van der Waals surface area contributed by atoms with Crippen LogP contribution in [-0.4, -0.2) is 50.6 Å². The summed E-state index contributed by atoms with van der Waals surface area (Å²) >= 11 is 0.